The number of nitrogens with one attached hydrogen (secondary N) is 2. The second kappa shape index (κ2) is 10.6. The van der Waals surface area contributed by atoms with E-state index in [9.17, 15) is 19.1 Å². The highest BCUT2D eigenvalue weighted by Crippen LogP contribution is 2.30. The maximum Gasteiger partial charge on any atom is 0.333 e. The highest BCUT2D eigenvalue weighted by molar-refractivity contribution is 5.87. The zero-order valence-corrected chi connectivity index (χ0v) is 20.7. The van der Waals surface area contributed by atoms with Gasteiger partial charge in [0.1, 0.15) is 17.2 Å². The van der Waals surface area contributed by atoms with E-state index >= 15 is 0 Å². The lowest BCUT2D eigenvalue weighted by Crippen LogP contribution is -2.22. The largest absolute Gasteiger partial charge is 0.478 e. The van der Waals surface area contributed by atoms with Gasteiger partial charge >= 0.3 is 5.97 Å². The summed E-state index contributed by atoms with van der Waals surface area (Å²) < 4.78 is 20.2. The number of carboxylic acid groups (broad SMARTS) is 1. The highest BCUT2D eigenvalue weighted by atomic mass is 19.1. The number of aryl methyl sites for hydroxylation is 1. The molecule has 0 radical (unpaired) electrons. The number of carbonyl (C=O) groups is 1. The van der Waals surface area contributed by atoms with Crippen LogP contribution in [-0.4, -0.2) is 17.6 Å². The summed E-state index contributed by atoms with van der Waals surface area (Å²) in [5.41, 5.74) is 4.12. The number of carboxylic acids is 1. The number of benzene rings is 1. The van der Waals surface area contributed by atoms with Crippen LogP contribution in [0.25, 0.3) is 16.5 Å². The van der Waals surface area contributed by atoms with Crippen molar-refractivity contribution in [3.8, 4) is 0 Å². The smallest absolute Gasteiger partial charge is 0.333 e. The van der Waals surface area contributed by atoms with Crippen molar-refractivity contribution in [1.82, 2.24) is 10.6 Å². The van der Waals surface area contributed by atoms with Crippen LogP contribution < -0.4 is 16.1 Å². The summed E-state index contributed by atoms with van der Waals surface area (Å²) in [5.74, 6) is -1.17. The molecule has 0 aliphatic carbocycles. The Hall–Kier alpha value is -3.87. The van der Waals surface area contributed by atoms with Gasteiger partial charge in [-0.05, 0) is 57.9 Å². The van der Waals surface area contributed by atoms with Gasteiger partial charge in [0, 0.05) is 35.1 Å². The minimum atomic E-state index is -1.04. The van der Waals surface area contributed by atoms with Crippen molar-refractivity contribution in [3.63, 3.8) is 0 Å². The van der Waals surface area contributed by atoms with Gasteiger partial charge in [-0.3, -0.25) is 4.79 Å². The lowest BCUT2D eigenvalue weighted by atomic mass is 9.98. The first-order chi connectivity index (χ1) is 16.5. The van der Waals surface area contributed by atoms with Crippen molar-refractivity contribution in [2.75, 3.05) is 6.54 Å². The minimum absolute atomic E-state index is 0.146. The molecule has 1 aliphatic heterocycles. The van der Waals surface area contributed by atoms with E-state index in [1.807, 2.05) is 26.8 Å². The molecule has 3 rings (SSSR count). The molecule has 2 aromatic rings. The standard InChI is InChI=1S/C28H31FN2O4/c1-7-15(2)8-9-24(17(4)28(33)34)31-19(6)22-10-16(3)11-23-25(32)18(5)26(35-27(22)23)20-12-21(29)14-30-13-20/h8-12,14,19,30-31H,2,7,13H2,1,3-6H3,(H,33,34)/b9-8-,24-17-. The molecule has 0 saturated carbocycles. The van der Waals surface area contributed by atoms with E-state index < -0.39 is 17.8 Å². The topological polar surface area (TPSA) is 91.6 Å². The zero-order valence-electron chi connectivity index (χ0n) is 20.7. The molecule has 0 saturated heterocycles. The summed E-state index contributed by atoms with van der Waals surface area (Å²) in [6, 6.07) is 3.26. The van der Waals surface area contributed by atoms with E-state index in [0.29, 0.717) is 45.7 Å². The van der Waals surface area contributed by atoms with Crippen LogP contribution in [0.5, 0.6) is 0 Å². The molecule has 0 bridgehead atoms. The monoisotopic (exact) mass is 478 g/mol. The van der Waals surface area contributed by atoms with Crippen molar-refractivity contribution in [1.29, 1.82) is 0 Å². The second-order valence-electron chi connectivity index (χ2n) is 8.75. The number of fused-ring (bicyclic) bond motifs is 1. The van der Waals surface area contributed by atoms with Crippen molar-refractivity contribution in [2.45, 2.75) is 47.1 Å². The molecule has 35 heavy (non-hydrogen) atoms. The Bertz CT molecular complexity index is 1380. The van der Waals surface area contributed by atoms with Gasteiger partial charge in [0.15, 0.2) is 5.43 Å². The predicted molar refractivity (Wildman–Crippen MR) is 138 cm³/mol. The average Bonchev–Trinajstić information content (AvgIpc) is 2.82. The Morgan fingerprint density at radius 1 is 1.34 bits per heavy atom. The third-order valence-electron chi connectivity index (χ3n) is 6.03. The zero-order chi connectivity index (χ0) is 25.9. The van der Waals surface area contributed by atoms with Crippen LogP contribution in [0, 0.1) is 13.8 Å². The molecule has 1 unspecified atom stereocenters. The van der Waals surface area contributed by atoms with Crippen LogP contribution in [-0.2, 0) is 4.79 Å². The molecule has 184 valence electrons. The van der Waals surface area contributed by atoms with Crippen molar-refractivity contribution >= 4 is 22.5 Å². The van der Waals surface area contributed by atoms with Gasteiger partial charge in [-0.25, -0.2) is 9.18 Å². The van der Waals surface area contributed by atoms with E-state index in [2.05, 4.69) is 17.2 Å². The predicted octanol–water partition coefficient (Wildman–Crippen LogP) is 5.74. The SMILES string of the molecule is C=C(/C=C\C(NC(C)c1cc(C)cc2c(=O)c(C)c(C3=CC(F)=CNC3)oc12)=C(/C)C(=O)O)CC. The maximum absolute atomic E-state index is 13.9. The minimum Gasteiger partial charge on any atom is -0.478 e. The van der Waals surface area contributed by atoms with Crippen LogP contribution in [0.2, 0.25) is 0 Å². The first-order valence-corrected chi connectivity index (χ1v) is 11.5. The highest BCUT2D eigenvalue weighted by Gasteiger charge is 2.21. The average molecular weight is 479 g/mol. The van der Waals surface area contributed by atoms with Crippen LogP contribution >= 0.6 is 0 Å². The van der Waals surface area contributed by atoms with Gasteiger partial charge in [0.05, 0.1) is 17.0 Å². The Balaban J connectivity index is 2.17. The van der Waals surface area contributed by atoms with Crippen LogP contribution in [0.1, 0.15) is 55.7 Å². The first kappa shape index (κ1) is 25.7. The van der Waals surface area contributed by atoms with Crippen molar-refractivity contribution in [2.24, 2.45) is 0 Å². The maximum atomic E-state index is 13.9. The third kappa shape index (κ3) is 5.62. The molecule has 6 nitrogen and oxygen atoms in total. The van der Waals surface area contributed by atoms with Gasteiger partial charge in [0.25, 0.3) is 0 Å². The van der Waals surface area contributed by atoms with Crippen molar-refractivity contribution in [3.05, 3.63) is 98.5 Å². The van der Waals surface area contributed by atoms with E-state index in [1.165, 1.54) is 19.2 Å². The Morgan fingerprint density at radius 3 is 2.69 bits per heavy atom. The summed E-state index contributed by atoms with van der Waals surface area (Å²) in [6.07, 6.45) is 6.83. The first-order valence-electron chi connectivity index (χ1n) is 11.5. The van der Waals surface area contributed by atoms with E-state index in [-0.39, 0.29) is 11.0 Å². The molecular weight excluding hydrogens is 447 g/mol. The van der Waals surface area contributed by atoms with Gasteiger partial charge < -0.3 is 20.2 Å². The van der Waals surface area contributed by atoms with E-state index in [1.54, 1.807) is 25.1 Å². The molecule has 1 aromatic carbocycles. The Morgan fingerprint density at radius 2 is 2.06 bits per heavy atom. The number of allylic oxidation sites excluding steroid dienone is 5. The molecule has 0 spiro atoms. The van der Waals surface area contributed by atoms with E-state index in [0.717, 1.165) is 17.6 Å². The van der Waals surface area contributed by atoms with Gasteiger partial charge in [0.2, 0.25) is 0 Å². The fourth-order valence-electron chi connectivity index (χ4n) is 3.89. The number of halogens is 1. The summed E-state index contributed by atoms with van der Waals surface area (Å²) in [5, 5.41) is 16.1. The number of rotatable bonds is 8. The summed E-state index contributed by atoms with van der Waals surface area (Å²) in [7, 11) is 0. The number of hydrogen-bond donors (Lipinski definition) is 3. The normalized spacial score (nSPS) is 15.3. The Labute approximate surface area is 204 Å². The Kier molecular flexibility index (Phi) is 7.79. The summed E-state index contributed by atoms with van der Waals surface area (Å²) in [4.78, 5) is 25.0. The van der Waals surface area contributed by atoms with Crippen LogP contribution in [0.15, 0.2) is 75.0 Å². The van der Waals surface area contributed by atoms with Crippen LogP contribution in [0.4, 0.5) is 4.39 Å². The lowest BCUT2D eigenvalue weighted by Gasteiger charge is -2.21. The van der Waals surface area contributed by atoms with E-state index in [4.69, 9.17) is 4.42 Å². The molecule has 0 amide bonds. The molecule has 1 atom stereocenters. The number of dihydropyridines is 1. The molecule has 1 aromatic heterocycles. The van der Waals surface area contributed by atoms with Crippen LogP contribution in [0.3, 0.4) is 0 Å². The summed E-state index contributed by atoms with van der Waals surface area (Å²) >= 11 is 0. The number of aliphatic carboxylic acids is 1. The molecule has 2 heterocycles. The lowest BCUT2D eigenvalue weighted by molar-refractivity contribution is -0.132. The number of hydrogen-bond acceptors (Lipinski definition) is 5. The van der Waals surface area contributed by atoms with Gasteiger partial charge in [-0.1, -0.05) is 31.2 Å². The molecule has 3 N–H and O–H groups in total. The van der Waals surface area contributed by atoms with Gasteiger partial charge in [-0.2, -0.15) is 0 Å². The molecule has 0 fully saturated rings. The second-order valence-corrected chi connectivity index (χ2v) is 8.75. The quantitative estimate of drug-likeness (QED) is 0.331. The molecule has 7 heteroatoms. The molecule has 1 aliphatic rings. The van der Waals surface area contributed by atoms with Gasteiger partial charge in [-0.15, -0.1) is 0 Å². The third-order valence-corrected chi connectivity index (χ3v) is 6.03. The molecular formula is C28H31FN2O4. The van der Waals surface area contributed by atoms with Crippen molar-refractivity contribution < 1.29 is 18.7 Å². The summed E-state index contributed by atoms with van der Waals surface area (Å²) in [6.45, 7) is 13.2. The fourth-order valence-corrected chi connectivity index (χ4v) is 3.89. The fraction of sp³-hybridized carbons (Fsp3) is 0.286.